The van der Waals surface area contributed by atoms with Crippen LogP contribution >= 0.6 is 0 Å². The van der Waals surface area contributed by atoms with Gasteiger partial charge in [0.2, 0.25) is 0 Å². The van der Waals surface area contributed by atoms with Gasteiger partial charge in [-0.05, 0) is 65.8 Å². The van der Waals surface area contributed by atoms with Gasteiger partial charge in [0.1, 0.15) is 5.82 Å². The topological polar surface area (TPSA) is 0 Å². The molecule has 0 atom stereocenters. The minimum absolute atomic E-state index is 0.204. The molecule has 0 radical (unpaired) electrons. The number of hydrogen-bond donors (Lipinski definition) is 0. The summed E-state index contributed by atoms with van der Waals surface area (Å²) in [5.74, 6) is 7.79. The maximum Gasteiger partial charge on any atom is 0.146 e. The lowest BCUT2D eigenvalue weighted by Gasteiger charge is -2.28. The molecule has 4 rings (SSSR count). The van der Waals surface area contributed by atoms with Crippen LogP contribution in [0.25, 0.3) is 10.8 Å². The number of fused-ring (bicyclic) bond motifs is 1. The van der Waals surface area contributed by atoms with Gasteiger partial charge in [-0.3, -0.25) is 0 Å². The zero-order valence-corrected chi connectivity index (χ0v) is 22.4. The van der Waals surface area contributed by atoms with Crippen LogP contribution in [0.3, 0.4) is 0 Å². The first-order chi connectivity index (χ1) is 17.7. The van der Waals surface area contributed by atoms with Gasteiger partial charge < -0.3 is 0 Å². The molecule has 0 aliphatic heterocycles. The Bertz CT molecular complexity index is 1150. The highest BCUT2D eigenvalue weighted by Gasteiger charge is 2.20. The van der Waals surface area contributed by atoms with E-state index in [2.05, 4.69) is 50.0 Å². The lowest BCUT2D eigenvalue weighted by molar-refractivity contribution is 0.249. The molecule has 1 aliphatic rings. The van der Waals surface area contributed by atoms with Gasteiger partial charge in [-0.2, -0.15) is 0 Å². The third-order valence-corrected chi connectivity index (χ3v) is 8.25. The number of benzene rings is 3. The number of hydrogen-bond acceptors (Lipinski definition) is 0. The predicted octanol–water partition coefficient (Wildman–Crippen LogP) is 10.0. The Kier molecular flexibility index (Phi) is 10.0. The third-order valence-electron chi connectivity index (χ3n) is 8.25. The number of rotatable bonds is 10. The van der Waals surface area contributed by atoms with E-state index >= 15 is 4.39 Å². The average Bonchev–Trinajstić information content (AvgIpc) is 2.92. The Morgan fingerprint density at radius 1 is 0.722 bits per heavy atom. The van der Waals surface area contributed by atoms with Crippen molar-refractivity contribution in [3.05, 3.63) is 82.7 Å². The molecular weight excluding hydrogens is 439 g/mol. The first-order valence-corrected chi connectivity index (χ1v) is 14.5. The number of halogens is 1. The first-order valence-electron chi connectivity index (χ1n) is 14.5. The van der Waals surface area contributed by atoms with Crippen molar-refractivity contribution >= 4 is 10.8 Å². The van der Waals surface area contributed by atoms with Crippen molar-refractivity contribution in [3.63, 3.8) is 0 Å². The Morgan fingerprint density at radius 3 is 2.14 bits per heavy atom. The standard InChI is InChI=1S/C35H43F/c1-3-5-6-7-8-9-28-14-16-29(17-15-28)18-19-31-21-25-34-33(26-31)24-23-32(35(34)36)22-20-30-12-10-27(4-2)11-13-30/h10-13,21,23-26,28-29H,3-9,14-19H2,1-2H3. The van der Waals surface area contributed by atoms with E-state index in [1.165, 1.54) is 81.8 Å². The van der Waals surface area contributed by atoms with Gasteiger partial charge in [0.05, 0.1) is 5.56 Å². The van der Waals surface area contributed by atoms with Gasteiger partial charge in [-0.1, -0.05) is 126 Å². The van der Waals surface area contributed by atoms with Gasteiger partial charge >= 0.3 is 0 Å². The van der Waals surface area contributed by atoms with E-state index in [1.54, 1.807) is 0 Å². The zero-order valence-electron chi connectivity index (χ0n) is 22.4. The average molecular weight is 483 g/mol. The van der Waals surface area contributed by atoms with Crippen molar-refractivity contribution in [1.29, 1.82) is 0 Å². The summed E-state index contributed by atoms with van der Waals surface area (Å²) in [4.78, 5) is 0. The molecule has 0 amide bonds. The van der Waals surface area contributed by atoms with E-state index in [0.717, 1.165) is 35.6 Å². The van der Waals surface area contributed by atoms with Crippen LogP contribution in [0.2, 0.25) is 0 Å². The third kappa shape index (κ3) is 7.46. The SMILES string of the molecule is CCCCCCCC1CCC(CCc2ccc3c(F)c(C#Cc4ccc(CC)cc4)ccc3c2)CC1. The van der Waals surface area contributed by atoms with Crippen LogP contribution in [0.4, 0.5) is 4.39 Å². The normalized spacial score (nSPS) is 17.6. The van der Waals surface area contributed by atoms with Crippen molar-refractivity contribution in [2.45, 2.75) is 97.3 Å². The van der Waals surface area contributed by atoms with E-state index < -0.39 is 0 Å². The van der Waals surface area contributed by atoms with Crippen LogP contribution in [0.1, 0.15) is 107 Å². The van der Waals surface area contributed by atoms with Gasteiger partial charge in [-0.15, -0.1) is 0 Å². The molecule has 0 spiro atoms. The summed E-state index contributed by atoms with van der Waals surface area (Å²) >= 11 is 0. The summed E-state index contributed by atoms with van der Waals surface area (Å²) in [6, 6.07) is 18.3. The fourth-order valence-electron chi connectivity index (χ4n) is 5.77. The van der Waals surface area contributed by atoms with E-state index in [1.807, 2.05) is 30.3 Å². The first kappa shape index (κ1) is 26.5. The van der Waals surface area contributed by atoms with Crippen LogP contribution in [-0.4, -0.2) is 0 Å². The smallest absolute Gasteiger partial charge is 0.146 e. The highest BCUT2D eigenvalue weighted by molar-refractivity contribution is 5.85. The second-order valence-corrected chi connectivity index (χ2v) is 10.9. The summed E-state index contributed by atoms with van der Waals surface area (Å²) in [7, 11) is 0. The second-order valence-electron chi connectivity index (χ2n) is 10.9. The van der Waals surface area contributed by atoms with Crippen LogP contribution in [0.15, 0.2) is 54.6 Å². The van der Waals surface area contributed by atoms with Gasteiger partial charge in [0.25, 0.3) is 0 Å². The van der Waals surface area contributed by atoms with Crippen LogP contribution in [0, 0.1) is 29.5 Å². The van der Waals surface area contributed by atoms with Crippen molar-refractivity contribution in [1.82, 2.24) is 0 Å². The predicted molar refractivity (Wildman–Crippen MR) is 153 cm³/mol. The lowest BCUT2D eigenvalue weighted by atomic mass is 9.77. The highest BCUT2D eigenvalue weighted by atomic mass is 19.1. The van der Waals surface area contributed by atoms with E-state index in [4.69, 9.17) is 0 Å². The quantitative estimate of drug-likeness (QED) is 0.199. The summed E-state index contributed by atoms with van der Waals surface area (Å²) in [5.41, 5.74) is 4.00. The molecule has 0 nitrogen and oxygen atoms in total. The molecule has 1 heteroatoms. The maximum absolute atomic E-state index is 15.2. The Hall–Kier alpha value is -2.59. The molecule has 36 heavy (non-hydrogen) atoms. The second kappa shape index (κ2) is 13.6. The molecule has 1 aliphatic carbocycles. The molecule has 0 bridgehead atoms. The maximum atomic E-state index is 15.2. The molecule has 0 aromatic heterocycles. The van der Waals surface area contributed by atoms with E-state index in [9.17, 15) is 0 Å². The molecule has 0 saturated heterocycles. The van der Waals surface area contributed by atoms with Crippen LogP contribution < -0.4 is 0 Å². The van der Waals surface area contributed by atoms with Crippen LogP contribution in [-0.2, 0) is 12.8 Å². The fraction of sp³-hybridized carbons (Fsp3) is 0.486. The van der Waals surface area contributed by atoms with E-state index in [0.29, 0.717) is 10.9 Å². The van der Waals surface area contributed by atoms with E-state index in [-0.39, 0.29) is 5.82 Å². The molecular formula is C35H43F. The van der Waals surface area contributed by atoms with Crippen molar-refractivity contribution < 1.29 is 4.39 Å². The Balaban J connectivity index is 1.29. The highest BCUT2D eigenvalue weighted by Crippen LogP contribution is 2.34. The van der Waals surface area contributed by atoms with Crippen molar-refractivity contribution in [2.75, 3.05) is 0 Å². The van der Waals surface area contributed by atoms with Gasteiger partial charge in [-0.25, -0.2) is 4.39 Å². The van der Waals surface area contributed by atoms with Crippen molar-refractivity contribution in [2.24, 2.45) is 11.8 Å². The summed E-state index contributed by atoms with van der Waals surface area (Å²) < 4.78 is 15.2. The Morgan fingerprint density at radius 2 is 1.42 bits per heavy atom. The minimum Gasteiger partial charge on any atom is -0.205 e. The molecule has 1 saturated carbocycles. The molecule has 1 fully saturated rings. The van der Waals surface area contributed by atoms with Crippen molar-refractivity contribution in [3.8, 4) is 11.8 Å². The lowest BCUT2D eigenvalue weighted by Crippen LogP contribution is -2.15. The number of unbranched alkanes of at least 4 members (excludes halogenated alkanes) is 4. The molecule has 0 unspecified atom stereocenters. The minimum atomic E-state index is -0.204. The molecule has 3 aromatic carbocycles. The van der Waals surface area contributed by atoms with Gasteiger partial charge in [0.15, 0.2) is 0 Å². The largest absolute Gasteiger partial charge is 0.205 e. The molecule has 3 aromatic rings. The summed E-state index contributed by atoms with van der Waals surface area (Å²) in [6.45, 7) is 4.43. The fourth-order valence-corrected chi connectivity index (χ4v) is 5.77. The van der Waals surface area contributed by atoms with Gasteiger partial charge in [0, 0.05) is 10.9 Å². The Labute approximate surface area is 218 Å². The zero-order chi connectivity index (χ0) is 25.2. The molecule has 0 N–H and O–H groups in total. The summed E-state index contributed by atoms with van der Waals surface area (Å²) in [5, 5.41) is 1.65. The molecule has 190 valence electrons. The number of aryl methyl sites for hydroxylation is 2. The monoisotopic (exact) mass is 482 g/mol. The summed E-state index contributed by atoms with van der Waals surface area (Å²) in [6.07, 6.45) is 17.5. The van der Waals surface area contributed by atoms with Crippen LogP contribution in [0.5, 0.6) is 0 Å². The molecule has 0 heterocycles.